The van der Waals surface area contributed by atoms with Gasteiger partial charge in [-0.25, -0.2) is 9.59 Å². The SMILES string of the molecule is Cc1cc(/C=C(/C#N)C(=O)NCc2ccccc2)c(C)n1-c1cc(C(=O)O)cc(C(=O)O)c1. The molecular formula is C25H21N3O5. The van der Waals surface area contributed by atoms with Gasteiger partial charge in [-0.05, 0) is 55.3 Å². The Morgan fingerprint density at radius 1 is 1.00 bits per heavy atom. The predicted octanol–water partition coefficient (Wildman–Crippen LogP) is 3.71. The lowest BCUT2D eigenvalue weighted by Crippen LogP contribution is -2.23. The molecule has 0 unspecified atom stereocenters. The third-order valence-corrected chi connectivity index (χ3v) is 5.10. The number of carboxylic acids is 2. The van der Waals surface area contributed by atoms with Crippen molar-refractivity contribution in [2.45, 2.75) is 20.4 Å². The second-order valence-electron chi connectivity index (χ2n) is 7.38. The van der Waals surface area contributed by atoms with Crippen molar-refractivity contribution in [1.82, 2.24) is 9.88 Å². The summed E-state index contributed by atoms with van der Waals surface area (Å²) in [6.07, 6.45) is 1.46. The lowest BCUT2D eigenvalue weighted by molar-refractivity contribution is -0.117. The zero-order valence-electron chi connectivity index (χ0n) is 18.0. The molecular weight excluding hydrogens is 422 g/mol. The van der Waals surface area contributed by atoms with Crippen LogP contribution < -0.4 is 5.32 Å². The molecule has 0 spiro atoms. The normalized spacial score (nSPS) is 11.0. The predicted molar refractivity (Wildman–Crippen MR) is 121 cm³/mol. The van der Waals surface area contributed by atoms with Crippen molar-refractivity contribution in [2.24, 2.45) is 0 Å². The van der Waals surface area contributed by atoms with E-state index in [0.717, 1.165) is 11.6 Å². The number of rotatable bonds is 7. The molecule has 0 atom stereocenters. The molecule has 8 nitrogen and oxygen atoms in total. The van der Waals surface area contributed by atoms with Gasteiger partial charge in [-0.15, -0.1) is 0 Å². The Balaban J connectivity index is 1.96. The number of nitrogens with one attached hydrogen (secondary N) is 1. The summed E-state index contributed by atoms with van der Waals surface area (Å²) in [7, 11) is 0. The molecule has 3 N–H and O–H groups in total. The Morgan fingerprint density at radius 2 is 1.61 bits per heavy atom. The molecule has 1 aromatic heterocycles. The Hall–Kier alpha value is -4.64. The van der Waals surface area contributed by atoms with Crippen LogP contribution in [0.3, 0.4) is 0 Å². The van der Waals surface area contributed by atoms with E-state index in [1.807, 2.05) is 36.4 Å². The number of nitrogens with zero attached hydrogens (tertiary/aromatic N) is 2. The van der Waals surface area contributed by atoms with Crippen molar-refractivity contribution >= 4 is 23.9 Å². The highest BCUT2D eigenvalue weighted by atomic mass is 16.4. The molecule has 3 rings (SSSR count). The van der Waals surface area contributed by atoms with E-state index in [-0.39, 0.29) is 23.2 Å². The largest absolute Gasteiger partial charge is 0.478 e. The summed E-state index contributed by atoms with van der Waals surface area (Å²) in [5.74, 6) is -3.01. The molecule has 0 saturated carbocycles. The Bertz CT molecular complexity index is 1280. The second kappa shape index (κ2) is 9.66. The van der Waals surface area contributed by atoms with Crippen LogP contribution in [0, 0.1) is 25.2 Å². The maximum Gasteiger partial charge on any atom is 0.335 e. The lowest BCUT2D eigenvalue weighted by Gasteiger charge is -2.12. The highest BCUT2D eigenvalue weighted by Gasteiger charge is 2.17. The fraction of sp³-hybridized carbons (Fsp3) is 0.120. The highest BCUT2D eigenvalue weighted by Crippen LogP contribution is 2.25. The van der Waals surface area contributed by atoms with Crippen molar-refractivity contribution in [3.63, 3.8) is 0 Å². The molecule has 0 radical (unpaired) electrons. The van der Waals surface area contributed by atoms with Gasteiger partial charge in [0.1, 0.15) is 11.6 Å². The van der Waals surface area contributed by atoms with Crippen molar-refractivity contribution < 1.29 is 24.6 Å². The first-order chi connectivity index (χ1) is 15.7. The van der Waals surface area contributed by atoms with Gasteiger partial charge in [-0.1, -0.05) is 30.3 Å². The van der Waals surface area contributed by atoms with Gasteiger partial charge in [0.2, 0.25) is 0 Å². The van der Waals surface area contributed by atoms with E-state index >= 15 is 0 Å². The average Bonchev–Trinajstić information content (AvgIpc) is 3.08. The first-order valence-electron chi connectivity index (χ1n) is 9.96. The monoisotopic (exact) mass is 443 g/mol. The van der Waals surface area contributed by atoms with Gasteiger partial charge < -0.3 is 20.1 Å². The van der Waals surface area contributed by atoms with Crippen LogP contribution in [-0.2, 0) is 11.3 Å². The minimum absolute atomic E-state index is 0.0864. The summed E-state index contributed by atoms with van der Waals surface area (Å²) >= 11 is 0. The molecule has 0 aliphatic heterocycles. The smallest absolute Gasteiger partial charge is 0.335 e. The van der Waals surface area contributed by atoms with Gasteiger partial charge in [0.25, 0.3) is 5.91 Å². The quantitative estimate of drug-likeness (QED) is 0.377. The fourth-order valence-corrected chi connectivity index (χ4v) is 3.50. The molecule has 0 fully saturated rings. The van der Waals surface area contributed by atoms with Gasteiger partial charge in [0.15, 0.2) is 0 Å². The summed E-state index contributed by atoms with van der Waals surface area (Å²) in [4.78, 5) is 35.5. The van der Waals surface area contributed by atoms with E-state index in [9.17, 15) is 29.9 Å². The fourth-order valence-electron chi connectivity index (χ4n) is 3.50. The first-order valence-corrected chi connectivity index (χ1v) is 9.96. The third kappa shape index (κ3) is 5.17. The van der Waals surface area contributed by atoms with Crippen LogP contribution in [0.25, 0.3) is 11.8 Å². The molecule has 0 bridgehead atoms. The van der Waals surface area contributed by atoms with Gasteiger partial charge >= 0.3 is 11.9 Å². The molecule has 1 heterocycles. The number of carboxylic acid groups (broad SMARTS) is 2. The van der Waals surface area contributed by atoms with Crippen LogP contribution in [0.4, 0.5) is 0 Å². The lowest BCUT2D eigenvalue weighted by atomic mass is 10.1. The summed E-state index contributed by atoms with van der Waals surface area (Å²) in [5, 5.41) is 31.0. The van der Waals surface area contributed by atoms with Crippen molar-refractivity contribution in [2.75, 3.05) is 0 Å². The van der Waals surface area contributed by atoms with Gasteiger partial charge in [-0.3, -0.25) is 4.79 Å². The van der Waals surface area contributed by atoms with Crippen LogP contribution in [0.2, 0.25) is 0 Å². The van der Waals surface area contributed by atoms with Crippen LogP contribution >= 0.6 is 0 Å². The topological polar surface area (TPSA) is 132 Å². The van der Waals surface area contributed by atoms with Gasteiger partial charge in [0, 0.05) is 23.6 Å². The zero-order valence-corrected chi connectivity index (χ0v) is 18.0. The van der Waals surface area contributed by atoms with Gasteiger partial charge in [0.05, 0.1) is 11.1 Å². The van der Waals surface area contributed by atoms with E-state index in [0.29, 0.717) is 22.6 Å². The van der Waals surface area contributed by atoms with Crippen LogP contribution in [0.15, 0.2) is 60.2 Å². The molecule has 3 aromatic rings. The molecule has 8 heteroatoms. The first kappa shape index (κ1) is 23.0. The minimum atomic E-state index is -1.25. The number of hydrogen-bond acceptors (Lipinski definition) is 4. The highest BCUT2D eigenvalue weighted by molar-refractivity contribution is 6.01. The average molecular weight is 443 g/mol. The molecule has 0 aliphatic carbocycles. The Morgan fingerprint density at radius 3 is 2.15 bits per heavy atom. The molecule has 1 amide bonds. The summed E-state index contributed by atoms with van der Waals surface area (Å²) in [6.45, 7) is 3.78. The number of hydrogen-bond donors (Lipinski definition) is 3. The number of amides is 1. The van der Waals surface area contributed by atoms with Crippen molar-refractivity contribution in [3.05, 3.63) is 93.8 Å². The van der Waals surface area contributed by atoms with E-state index < -0.39 is 17.8 Å². The number of carbonyl (C=O) groups excluding carboxylic acids is 1. The molecule has 0 saturated heterocycles. The van der Waals surface area contributed by atoms with Crippen LogP contribution in [-0.4, -0.2) is 32.6 Å². The van der Waals surface area contributed by atoms with E-state index in [1.165, 1.54) is 18.2 Å². The maximum absolute atomic E-state index is 12.5. The molecule has 2 aromatic carbocycles. The zero-order chi connectivity index (χ0) is 24.1. The van der Waals surface area contributed by atoms with E-state index in [1.54, 1.807) is 24.5 Å². The van der Waals surface area contributed by atoms with Crippen molar-refractivity contribution in [3.8, 4) is 11.8 Å². The van der Waals surface area contributed by atoms with Gasteiger partial charge in [-0.2, -0.15) is 5.26 Å². The number of aromatic nitrogens is 1. The summed E-state index contributed by atoms with van der Waals surface area (Å²) < 4.78 is 1.68. The Kier molecular flexibility index (Phi) is 6.74. The van der Waals surface area contributed by atoms with E-state index in [4.69, 9.17) is 0 Å². The molecule has 166 valence electrons. The van der Waals surface area contributed by atoms with Crippen LogP contribution in [0.5, 0.6) is 0 Å². The number of carbonyl (C=O) groups is 3. The maximum atomic E-state index is 12.5. The summed E-state index contributed by atoms with van der Waals surface area (Å²) in [5.41, 5.74) is 2.73. The number of benzene rings is 2. The summed E-state index contributed by atoms with van der Waals surface area (Å²) in [6, 6.07) is 16.8. The number of aryl methyl sites for hydroxylation is 1. The molecule has 0 aliphatic rings. The minimum Gasteiger partial charge on any atom is -0.478 e. The Labute approximate surface area is 190 Å². The second-order valence-corrected chi connectivity index (χ2v) is 7.38. The number of aromatic carboxylic acids is 2. The number of nitriles is 1. The van der Waals surface area contributed by atoms with Crippen molar-refractivity contribution in [1.29, 1.82) is 5.26 Å². The standard InChI is InChI=1S/C25H21N3O5/c1-15-8-18(9-21(13-26)23(29)27-14-17-6-4-3-5-7-17)16(2)28(15)22-11-19(24(30)31)10-20(12-22)25(32)33/h3-12H,14H2,1-2H3,(H,27,29)(H,30,31)(H,32,33)/b21-9-. The third-order valence-electron chi connectivity index (χ3n) is 5.10. The van der Waals surface area contributed by atoms with E-state index in [2.05, 4.69) is 5.32 Å². The van der Waals surface area contributed by atoms with Crippen LogP contribution in [0.1, 0.15) is 43.2 Å². The molecule has 33 heavy (non-hydrogen) atoms.